The zero-order valence-electron chi connectivity index (χ0n) is 29.7. The molecule has 2 amide bonds. The van der Waals surface area contributed by atoms with E-state index in [9.17, 15) is 9.59 Å². The molecule has 0 unspecified atom stereocenters. The molecule has 2 saturated carbocycles. The monoisotopic (exact) mass is 670 g/mol. The lowest BCUT2D eigenvalue weighted by molar-refractivity contribution is -0.124. The first-order valence-electron chi connectivity index (χ1n) is 18.4. The van der Waals surface area contributed by atoms with Crippen LogP contribution >= 0.6 is 0 Å². The van der Waals surface area contributed by atoms with Gasteiger partial charge in [-0.1, -0.05) is 24.3 Å². The molecule has 2 aliphatic carbocycles. The summed E-state index contributed by atoms with van der Waals surface area (Å²) in [6, 6.07) is 15.4. The van der Waals surface area contributed by atoms with Gasteiger partial charge in [0.15, 0.2) is 0 Å². The fourth-order valence-electron chi connectivity index (χ4n) is 7.88. The predicted molar refractivity (Wildman–Crippen MR) is 192 cm³/mol. The fraction of sp³-hybridized carbons (Fsp3) is 0.575. The molecule has 264 valence electrons. The molecule has 1 aromatic heterocycles. The first kappa shape index (κ1) is 35.0. The Labute approximate surface area is 291 Å². The highest BCUT2D eigenvalue weighted by atomic mass is 16.6. The van der Waals surface area contributed by atoms with Crippen LogP contribution in [0.25, 0.3) is 11.1 Å². The summed E-state index contributed by atoms with van der Waals surface area (Å²) in [7, 11) is 1.72. The van der Waals surface area contributed by atoms with E-state index < -0.39 is 0 Å². The van der Waals surface area contributed by atoms with E-state index in [0.717, 1.165) is 73.9 Å². The molecule has 2 aromatic carbocycles. The van der Waals surface area contributed by atoms with Gasteiger partial charge in [0.2, 0.25) is 5.91 Å². The van der Waals surface area contributed by atoms with Gasteiger partial charge >= 0.3 is 6.09 Å². The van der Waals surface area contributed by atoms with Crippen molar-refractivity contribution in [2.75, 3.05) is 31.8 Å². The van der Waals surface area contributed by atoms with Gasteiger partial charge in [0.25, 0.3) is 0 Å². The van der Waals surface area contributed by atoms with Crippen molar-refractivity contribution in [2.45, 2.75) is 109 Å². The minimum Gasteiger partial charge on any atom is -0.496 e. The van der Waals surface area contributed by atoms with E-state index in [0.29, 0.717) is 44.4 Å². The van der Waals surface area contributed by atoms with E-state index in [1.165, 1.54) is 11.1 Å². The molecule has 1 N–H and O–H groups in total. The van der Waals surface area contributed by atoms with Gasteiger partial charge in [-0.15, -0.1) is 0 Å². The average molecular weight is 671 g/mol. The zero-order valence-corrected chi connectivity index (χ0v) is 29.7. The van der Waals surface area contributed by atoms with Crippen molar-refractivity contribution in [3.05, 3.63) is 66.0 Å². The predicted octanol–water partition coefficient (Wildman–Crippen LogP) is 8.22. The van der Waals surface area contributed by atoms with Crippen LogP contribution in [0.4, 0.5) is 10.5 Å². The van der Waals surface area contributed by atoms with Gasteiger partial charge in [-0.2, -0.15) is 5.10 Å². The Balaban J connectivity index is 1.13. The van der Waals surface area contributed by atoms with E-state index in [2.05, 4.69) is 84.7 Å². The second kappa shape index (κ2) is 16.2. The summed E-state index contributed by atoms with van der Waals surface area (Å²) in [6.45, 7) is 8.41. The van der Waals surface area contributed by atoms with Gasteiger partial charge in [-0.3, -0.25) is 9.48 Å². The number of carbonyl (C=O) groups is 2. The summed E-state index contributed by atoms with van der Waals surface area (Å²) in [4.78, 5) is 29.1. The van der Waals surface area contributed by atoms with Gasteiger partial charge in [0.05, 0.1) is 13.3 Å². The Morgan fingerprint density at radius 3 is 2.39 bits per heavy atom. The van der Waals surface area contributed by atoms with Crippen LogP contribution < -0.4 is 15.0 Å². The molecule has 3 fully saturated rings. The largest absolute Gasteiger partial charge is 0.496 e. The summed E-state index contributed by atoms with van der Waals surface area (Å²) >= 11 is 0. The zero-order chi connectivity index (χ0) is 34.3. The maximum absolute atomic E-state index is 14.5. The lowest BCUT2D eigenvalue weighted by Crippen LogP contribution is -2.43. The molecule has 1 saturated heterocycles. The molecule has 0 radical (unpaired) electrons. The third-order valence-electron chi connectivity index (χ3n) is 10.9. The molecule has 49 heavy (non-hydrogen) atoms. The number of aryl methyl sites for hydroxylation is 1. The van der Waals surface area contributed by atoms with Gasteiger partial charge < -0.3 is 24.4 Å². The molecule has 0 bridgehead atoms. The van der Waals surface area contributed by atoms with E-state index in [1.807, 2.05) is 10.9 Å². The number of hydrogen-bond acceptors (Lipinski definition) is 6. The molecule has 9 nitrogen and oxygen atoms in total. The SMILES string of the molecule is COc1ccc(C2CCC(CN(C(=O)C3CCC(OC(=O)NC4CCOCC4)CC3)c3cccc(-c4cnn(C(C)C)c4)c3)CC2)cc1C. The van der Waals surface area contributed by atoms with Crippen LogP contribution in [-0.4, -0.2) is 60.8 Å². The van der Waals surface area contributed by atoms with Crippen LogP contribution in [-0.2, 0) is 14.3 Å². The van der Waals surface area contributed by atoms with E-state index in [1.54, 1.807) is 7.11 Å². The number of alkyl carbamates (subject to hydrolysis) is 1. The number of rotatable bonds is 10. The van der Waals surface area contributed by atoms with Crippen LogP contribution in [0.15, 0.2) is 54.9 Å². The minimum absolute atomic E-state index is 0.0932. The Morgan fingerprint density at radius 2 is 1.71 bits per heavy atom. The van der Waals surface area contributed by atoms with Gasteiger partial charge in [-0.05, 0) is 132 Å². The standard InChI is InChI=1S/C40H54N4O5/c1-27(2)44-26-34(24-41-44)32-6-5-7-36(23-32)43(25-29-8-10-30(11-9-29)33-14-17-38(47-4)28(3)22-33)39(45)31-12-15-37(16-13-31)49-40(46)42-35-18-20-48-21-19-35/h5-7,14,17,22-24,26-27,29-31,35,37H,8-13,15-16,18-21,25H2,1-4H3,(H,42,46). The molecule has 3 aliphatic rings. The third-order valence-corrected chi connectivity index (χ3v) is 10.9. The number of aromatic nitrogens is 2. The molecule has 1 aliphatic heterocycles. The Hall–Kier alpha value is -3.85. The number of carbonyl (C=O) groups excluding carboxylic acids is 2. The molecule has 2 heterocycles. The van der Waals surface area contributed by atoms with Crippen molar-refractivity contribution < 1.29 is 23.8 Å². The fourth-order valence-corrected chi connectivity index (χ4v) is 7.88. The van der Waals surface area contributed by atoms with Crippen molar-refractivity contribution in [1.82, 2.24) is 15.1 Å². The number of hydrogen-bond donors (Lipinski definition) is 1. The molecule has 6 rings (SSSR count). The highest BCUT2D eigenvalue weighted by Crippen LogP contribution is 2.39. The average Bonchev–Trinajstić information content (AvgIpc) is 3.63. The van der Waals surface area contributed by atoms with Gasteiger partial charge in [0.1, 0.15) is 11.9 Å². The smallest absolute Gasteiger partial charge is 0.407 e. The number of amides is 2. The van der Waals surface area contributed by atoms with Crippen molar-refractivity contribution >= 4 is 17.7 Å². The van der Waals surface area contributed by atoms with Crippen LogP contribution in [0.1, 0.15) is 101 Å². The number of nitrogens with zero attached hydrogens (tertiary/aromatic N) is 3. The molecule has 0 atom stereocenters. The summed E-state index contributed by atoms with van der Waals surface area (Å²) in [5.41, 5.74) is 5.63. The lowest BCUT2D eigenvalue weighted by Gasteiger charge is -2.36. The van der Waals surface area contributed by atoms with Crippen molar-refractivity contribution in [1.29, 1.82) is 0 Å². The number of ether oxygens (including phenoxy) is 3. The Morgan fingerprint density at radius 1 is 0.959 bits per heavy atom. The Bertz CT molecular complexity index is 1550. The van der Waals surface area contributed by atoms with Gasteiger partial charge in [-0.25, -0.2) is 4.79 Å². The summed E-state index contributed by atoms with van der Waals surface area (Å²) in [5.74, 6) is 1.99. The van der Waals surface area contributed by atoms with E-state index in [4.69, 9.17) is 14.2 Å². The quantitative estimate of drug-likeness (QED) is 0.234. The third kappa shape index (κ3) is 8.85. The van der Waals surface area contributed by atoms with Crippen molar-refractivity contribution in [3.8, 4) is 16.9 Å². The highest BCUT2D eigenvalue weighted by Gasteiger charge is 2.34. The van der Waals surface area contributed by atoms with Gasteiger partial charge in [0, 0.05) is 55.2 Å². The molecule has 9 heteroatoms. The minimum atomic E-state index is -0.346. The first-order valence-corrected chi connectivity index (χ1v) is 18.4. The van der Waals surface area contributed by atoms with Crippen LogP contribution in [0.3, 0.4) is 0 Å². The molecule has 0 spiro atoms. The van der Waals surface area contributed by atoms with Crippen LogP contribution in [0, 0.1) is 18.8 Å². The highest BCUT2D eigenvalue weighted by molar-refractivity contribution is 5.95. The number of anilines is 1. The summed E-state index contributed by atoms with van der Waals surface area (Å²) in [6.07, 6.45) is 12.4. The molecular formula is C40H54N4O5. The second-order valence-corrected chi connectivity index (χ2v) is 14.7. The lowest BCUT2D eigenvalue weighted by atomic mass is 9.78. The first-order chi connectivity index (χ1) is 23.8. The molecular weight excluding hydrogens is 616 g/mol. The van der Waals surface area contributed by atoms with Crippen molar-refractivity contribution in [3.63, 3.8) is 0 Å². The van der Waals surface area contributed by atoms with Crippen LogP contribution in [0.2, 0.25) is 0 Å². The normalized spacial score (nSPS) is 23.2. The number of benzene rings is 2. The summed E-state index contributed by atoms with van der Waals surface area (Å²) in [5, 5.41) is 7.56. The topological polar surface area (TPSA) is 94.9 Å². The second-order valence-electron chi connectivity index (χ2n) is 14.7. The van der Waals surface area contributed by atoms with E-state index in [-0.39, 0.29) is 36.1 Å². The Kier molecular flexibility index (Phi) is 11.6. The molecule has 3 aromatic rings. The number of methoxy groups -OCH3 is 1. The van der Waals surface area contributed by atoms with Crippen molar-refractivity contribution in [2.24, 2.45) is 11.8 Å². The maximum Gasteiger partial charge on any atom is 0.407 e. The maximum atomic E-state index is 14.5. The van der Waals surface area contributed by atoms with E-state index >= 15 is 0 Å². The van der Waals surface area contributed by atoms with Crippen LogP contribution in [0.5, 0.6) is 5.75 Å². The summed E-state index contributed by atoms with van der Waals surface area (Å²) < 4.78 is 18.7. The number of nitrogens with one attached hydrogen (secondary N) is 1.